The van der Waals surface area contributed by atoms with Gasteiger partial charge >= 0.3 is 0 Å². The van der Waals surface area contributed by atoms with E-state index in [1.54, 1.807) is 12.1 Å². The number of nitrogens with one attached hydrogen (secondary N) is 1. The second kappa shape index (κ2) is 9.82. The van der Waals surface area contributed by atoms with Crippen LogP contribution in [0.1, 0.15) is 11.1 Å². The van der Waals surface area contributed by atoms with Gasteiger partial charge in [-0.1, -0.05) is 47.0 Å². The Bertz CT molecular complexity index is 677. The molecule has 0 atom stereocenters. The van der Waals surface area contributed by atoms with Crippen molar-refractivity contribution < 1.29 is 9.53 Å². The minimum absolute atomic E-state index is 0.0161. The van der Waals surface area contributed by atoms with Crippen molar-refractivity contribution in [1.29, 1.82) is 0 Å². The van der Waals surface area contributed by atoms with Crippen LogP contribution in [0.25, 0.3) is 0 Å². The van der Waals surface area contributed by atoms with Crippen molar-refractivity contribution in [3.63, 3.8) is 0 Å². The fraction of sp³-hybridized carbons (Fsp3) is 0.278. The summed E-state index contributed by atoms with van der Waals surface area (Å²) in [5.41, 5.74) is 2.16. The lowest BCUT2D eigenvalue weighted by Crippen LogP contribution is -2.29. The summed E-state index contributed by atoms with van der Waals surface area (Å²) in [7, 11) is 0. The van der Waals surface area contributed by atoms with Gasteiger partial charge in [-0.2, -0.15) is 0 Å². The summed E-state index contributed by atoms with van der Waals surface area (Å²) >= 11 is 13.5. The van der Waals surface area contributed by atoms with Crippen LogP contribution >= 0.6 is 35.0 Å². The van der Waals surface area contributed by atoms with Gasteiger partial charge in [0.25, 0.3) is 0 Å². The van der Waals surface area contributed by atoms with Crippen molar-refractivity contribution in [2.75, 3.05) is 18.9 Å². The molecule has 0 saturated carbocycles. The zero-order chi connectivity index (χ0) is 17.4. The van der Waals surface area contributed by atoms with Crippen molar-refractivity contribution in [2.45, 2.75) is 12.7 Å². The van der Waals surface area contributed by atoms with Gasteiger partial charge in [-0.15, -0.1) is 11.8 Å². The Hall–Kier alpha value is -1.36. The van der Waals surface area contributed by atoms with Crippen LogP contribution in [-0.4, -0.2) is 24.8 Å². The van der Waals surface area contributed by atoms with Crippen LogP contribution in [0.15, 0.2) is 42.5 Å². The first kappa shape index (κ1) is 19.0. The highest BCUT2D eigenvalue weighted by molar-refractivity contribution is 7.99. The number of carbonyl (C=O) groups excluding carboxylic acids is 1. The van der Waals surface area contributed by atoms with E-state index in [0.29, 0.717) is 34.7 Å². The van der Waals surface area contributed by atoms with E-state index in [-0.39, 0.29) is 5.91 Å². The molecule has 0 heterocycles. The molecule has 0 fully saturated rings. The minimum atomic E-state index is -0.0161. The average Bonchev–Trinajstić information content (AvgIpc) is 2.55. The molecule has 0 aliphatic carbocycles. The number of hydrogen-bond acceptors (Lipinski definition) is 3. The van der Waals surface area contributed by atoms with Gasteiger partial charge in [-0.3, -0.25) is 4.79 Å². The molecular formula is C18H19Cl2NO2S. The lowest BCUT2D eigenvalue weighted by Gasteiger charge is -2.08. The van der Waals surface area contributed by atoms with Gasteiger partial charge in [0.05, 0.1) is 12.3 Å². The van der Waals surface area contributed by atoms with Crippen LogP contribution in [0.3, 0.4) is 0 Å². The summed E-state index contributed by atoms with van der Waals surface area (Å²) in [6.45, 7) is 2.95. The number of amides is 1. The van der Waals surface area contributed by atoms with Gasteiger partial charge in [0.15, 0.2) is 0 Å². The number of rotatable bonds is 8. The normalized spacial score (nSPS) is 10.5. The van der Waals surface area contributed by atoms with Crippen molar-refractivity contribution in [1.82, 2.24) is 5.32 Å². The molecule has 0 unspecified atom stereocenters. The molecular weight excluding hydrogens is 365 g/mol. The highest BCUT2D eigenvalue weighted by Crippen LogP contribution is 2.24. The Morgan fingerprint density at radius 2 is 1.92 bits per heavy atom. The Kier molecular flexibility index (Phi) is 7.76. The maximum absolute atomic E-state index is 11.8. The molecule has 1 N–H and O–H groups in total. The number of aryl methyl sites for hydroxylation is 1. The number of ether oxygens (including phenoxy) is 1. The Labute approximate surface area is 156 Å². The van der Waals surface area contributed by atoms with E-state index in [2.05, 4.69) is 5.32 Å². The molecule has 6 heteroatoms. The fourth-order valence-corrected chi connectivity index (χ4v) is 3.35. The van der Waals surface area contributed by atoms with E-state index in [4.69, 9.17) is 27.9 Å². The number of carbonyl (C=O) groups is 1. The first-order chi connectivity index (χ1) is 11.5. The maximum atomic E-state index is 11.8. The zero-order valence-corrected chi connectivity index (χ0v) is 15.7. The van der Waals surface area contributed by atoms with E-state index < -0.39 is 0 Å². The number of halogens is 2. The lowest BCUT2D eigenvalue weighted by atomic mass is 10.2. The largest absolute Gasteiger partial charge is 0.492 e. The molecule has 2 rings (SSSR count). The second-order valence-corrected chi connectivity index (χ2v) is 7.07. The van der Waals surface area contributed by atoms with Crippen molar-refractivity contribution in [3.05, 3.63) is 63.6 Å². The van der Waals surface area contributed by atoms with E-state index in [0.717, 1.165) is 11.3 Å². The highest BCUT2D eigenvalue weighted by atomic mass is 35.5. The van der Waals surface area contributed by atoms with Gasteiger partial charge < -0.3 is 10.1 Å². The lowest BCUT2D eigenvalue weighted by molar-refractivity contribution is -0.118. The van der Waals surface area contributed by atoms with Crippen LogP contribution < -0.4 is 10.1 Å². The predicted octanol–water partition coefficient (Wildman–Crippen LogP) is 4.73. The smallest absolute Gasteiger partial charge is 0.230 e. The second-order valence-electron chi connectivity index (χ2n) is 5.24. The third kappa shape index (κ3) is 6.63. The third-order valence-electron chi connectivity index (χ3n) is 3.22. The predicted molar refractivity (Wildman–Crippen MR) is 102 cm³/mol. The molecule has 128 valence electrons. The molecule has 0 aromatic heterocycles. The minimum Gasteiger partial charge on any atom is -0.492 e. The van der Waals surface area contributed by atoms with Gasteiger partial charge in [0, 0.05) is 15.8 Å². The van der Waals surface area contributed by atoms with E-state index in [1.807, 2.05) is 37.3 Å². The van der Waals surface area contributed by atoms with E-state index >= 15 is 0 Å². The molecule has 0 bridgehead atoms. The number of hydrogen-bond donors (Lipinski definition) is 1. The Morgan fingerprint density at radius 1 is 1.17 bits per heavy atom. The summed E-state index contributed by atoms with van der Waals surface area (Å²) < 4.78 is 5.56. The summed E-state index contributed by atoms with van der Waals surface area (Å²) in [4.78, 5) is 11.8. The van der Waals surface area contributed by atoms with Gasteiger partial charge in [-0.25, -0.2) is 0 Å². The quantitative estimate of drug-likeness (QED) is 0.669. The van der Waals surface area contributed by atoms with E-state index in [1.165, 1.54) is 17.3 Å². The standard InChI is InChI=1S/C18H19Cl2NO2S/c1-13-2-6-16(7-3-13)23-9-8-21-18(22)12-24-11-14-4-5-15(19)10-17(14)20/h2-7,10H,8-9,11-12H2,1H3,(H,21,22). The van der Waals surface area contributed by atoms with Gasteiger partial charge in [0.2, 0.25) is 5.91 Å². The van der Waals surface area contributed by atoms with Crippen molar-refractivity contribution in [2.24, 2.45) is 0 Å². The van der Waals surface area contributed by atoms with Gasteiger partial charge in [-0.05, 0) is 36.8 Å². The van der Waals surface area contributed by atoms with Crippen LogP contribution in [0.2, 0.25) is 10.0 Å². The maximum Gasteiger partial charge on any atom is 0.230 e. The van der Waals surface area contributed by atoms with Crippen LogP contribution in [0.5, 0.6) is 5.75 Å². The molecule has 24 heavy (non-hydrogen) atoms. The molecule has 3 nitrogen and oxygen atoms in total. The molecule has 0 radical (unpaired) electrons. The Balaban J connectivity index is 1.60. The van der Waals surface area contributed by atoms with Crippen LogP contribution in [0.4, 0.5) is 0 Å². The molecule has 0 spiro atoms. The third-order valence-corrected chi connectivity index (χ3v) is 4.79. The summed E-state index contributed by atoms with van der Waals surface area (Å²) in [5, 5.41) is 4.07. The number of benzene rings is 2. The summed E-state index contributed by atoms with van der Waals surface area (Å²) in [6, 6.07) is 13.2. The Morgan fingerprint density at radius 3 is 2.62 bits per heavy atom. The topological polar surface area (TPSA) is 38.3 Å². The number of thioether (sulfide) groups is 1. The average molecular weight is 384 g/mol. The molecule has 0 aliphatic rings. The molecule has 0 aliphatic heterocycles. The molecule has 0 saturated heterocycles. The fourth-order valence-electron chi connectivity index (χ4n) is 1.94. The van der Waals surface area contributed by atoms with E-state index in [9.17, 15) is 4.79 Å². The van der Waals surface area contributed by atoms with Gasteiger partial charge in [0.1, 0.15) is 12.4 Å². The van der Waals surface area contributed by atoms with Crippen LogP contribution in [-0.2, 0) is 10.5 Å². The molecule has 2 aromatic carbocycles. The first-order valence-electron chi connectivity index (χ1n) is 7.52. The monoisotopic (exact) mass is 383 g/mol. The SMILES string of the molecule is Cc1ccc(OCCNC(=O)CSCc2ccc(Cl)cc2Cl)cc1. The highest BCUT2D eigenvalue weighted by Gasteiger charge is 2.05. The van der Waals surface area contributed by atoms with Crippen molar-refractivity contribution >= 4 is 40.9 Å². The molecule has 1 amide bonds. The summed E-state index contributed by atoms with van der Waals surface area (Å²) in [6.07, 6.45) is 0. The first-order valence-corrected chi connectivity index (χ1v) is 9.43. The van der Waals surface area contributed by atoms with Crippen LogP contribution in [0, 0.1) is 6.92 Å². The molecule has 2 aromatic rings. The summed E-state index contributed by atoms with van der Waals surface area (Å²) in [5.74, 6) is 1.84. The van der Waals surface area contributed by atoms with Crippen molar-refractivity contribution in [3.8, 4) is 5.75 Å². The zero-order valence-electron chi connectivity index (χ0n) is 13.4.